The second-order valence-corrected chi connectivity index (χ2v) is 22.5. The minimum atomic E-state index is -1.65. The van der Waals surface area contributed by atoms with Crippen molar-refractivity contribution in [2.75, 3.05) is 13.2 Å². The van der Waals surface area contributed by atoms with E-state index in [1.807, 2.05) is 18.2 Å². The van der Waals surface area contributed by atoms with Gasteiger partial charge in [0.25, 0.3) is 0 Å². The number of nitrogens with one attached hydrogen (secondary N) is 1. The van der Waals surface area contributed by atoms with Gasteiger partial charge < -0.3 is 45.1 Å². The van der Waals surface area contributed by atoms with Gasteiger partial charge in [-0.05, 0) is 116 Å². The van der Waals surface area contributed by atoms with E-state index < -0.39 is 67.4 Å². The number of hydrogen-bond acceptors (Lipinski definition) is 10. The summed E-state index contributed by atoms with van der Waals surface area (Å²) in [6.45, 7) is 5.61. The topological polar surface area (TPSA) is 175 Å². The standard InChI is InChI=1S/C73H121NO10/c1-4-7-10-13-16-19-22-25-27-29-30-31-32-33-34-35-36-37-39-40-42-45-48-51-54-57-60-66(77)72(81)74-64(65(76)59-56-53-50-47-44-24-21-18-15-12-9-6-3)63-82-73-71(70(80)69(79)67(62-75)83-73)84-68(78)61-58-55-52-49-46-43-41-38-28-26-23-20-17-14-11-8-5-2/h7,10,16-17,19-20,25-28,30-31,33-34,36-37,41,43,49,52,56,59,64-67,69-71,73,75-77,79-80H,4-6,8-9,11-15,18,21-24,29,32,35,38-40,42,44-48,50-51,53-55,57-58,60-63H2,1-3H3,(H,74,81)/b10-7-,19-16-,20-17-,27-25-,28-26-,31-30-,34-33-,37-36-,43-41-,52-49-,59-56+. The third kappa shape index (κ3) is 46.1. The lowest BCUT2D eigenvalue weighted by molar-refractivity contribution is -0.305. The third-order valence-electron chi connectivity index (χ3n) is 14.8. The average molecular weight is 1170 g/mol. The van der Waals surface area contributed by atoms with Crippen molar-refractivity contribution in [3.63, 3.8) is 0 Å². The Labute approximate surface area is 512 Å². The number of carbonyl (C=O) groups is 2. The molecular formula is C73H121NO10. The Balaban J connectivity index is 2.65. The molecule has 1 amide bonds. The summed E-state index contributed by atoms with van der Waals surface area (Å²) in [5.41, 5.74) is 0. The molecule has 0 aromatic rings. The number of carbonyl (C=O) groups excluding carboxylic acids is 2. The van der Waals surface area contributed by atoms with Gasteiger partial charge in [0, 0.05) is 6.42 Å². The van der Waals surface area contributed by atoms with E-state index in [1.54, 1.807) is 6.08 Å². The Morgan fingerprint density at radius 2 is 0.857 bits per heavy atom. The fourth-order valence-corrected chi connectivity index (χ4v) is 9.53. The van der Waals surface area contributed by atoms with Gasteiger partial charge in [0.2, 0.25) is 5.91 Å². The van der Waals surface area contributed by atoms with Crippen LogP contribution in [-0.4, -0.2) is 99.6 Å². The number of unbranched alkanes of at least 4 members (excludes halogenated alkanes) is 21. The van der Waals surface area contributed by atoms with E-state index >= 15 is 0 Å². The lowest BCUT2D eigenvalue weighted by Crippen LogP contribution is -2.61. The Kier molecular flexibility index (Phi) is 54.8. The Bertz CT molecular complexity index is 1880. The molecule has 1 saturated heterocycles. The average Bonchev–Trinajstić information content (AvgIpc) is 3.67. The van der Waals surface area contributed by atoms with Crippen LogP contribution in [0.1, 0.15) is 252 Å². The number of esters is 1. The van der Waals surface area contributed by atoms with Gasteiger partial charge in [-0.2, -0.15) is 0 Å². The molecule has 8 unspecified atom stereocenters. The smallest absolute Gasteiger partial charge is 0.306 e. The van der Waals surface area contributed by atoms with Crippen LogP contribution < -0.4 is 5.32 Å². The van der Waals surface area contributed by atoms with Gasteiger partial charge in [0.1, 0.15) is 24.4 Å². The normalized spacial score (nSPS) is 19.4. The second-order valence-electron chi connectivity index (χ2n) is 22.5. The molecule has 11 heteroatoms. The van der Waals surface area contributed by atoms with Crippen molar-refractivity contribution in [1.82, 2.24) is 5.32 Å². The number of allylic oxidation sites excluding steroid dienone is 21. The number of amides is 1. The highest BCUT2D eigenvalue weighted by Gasteiger charge is 2.47. The van der Waals surface area contributed by atoms with Crippen LogP contribution in [0.4, 0.5) is 0 Å². The number of aliphatic hydroxyl groups is 5. The van der Waals surface area contributed by atoms with Gasteiger partial charge >= 0.3 is 5.97 Å². The lowest BCUT2D eigenvalue weighted by atomic mass is 9.99. The van der Waals surface area contributed by atoms with Crippen molar-refractivity contribution in [3.8, 4) is 0 Å². The fraction of sp³-hybridized carbons (Fsp3) is 0.671. The fourth-order valence-electron chi connectivity index (χ4n) is 9.53. The van der Waals surface area contributed by atoms with Crippen LogP contribution in [0.5, 0.6) is 0 Å². The summed E-state index contributed by atoms with van der Waals surface area (Å²) in [5, 5.41) is 57.1. The molecule has 1 fully saturated rings. The molecule has 0 aromatic heterocycles. The van der Waals surface area contributed by atoms with Crippen LogP contribution in [0.3, 0.4) is 0 Å². The van der Waals surface area contributed by atoms with E-state index in [0.717, 1.165) is 128 Å². The van der Waals surface area contributed by atoms with Gasteiger partial charge in [-0.15, -0.1) is 0 Å². The Hall–Kier alpha value is -4.20. The highest BCUT2D eigenvalue weighted by molar-refractivity contribution is 5.80. The largest absolute Gasteiger partial charge is 0.454 e. The first-order valence-electron chi connectivity index (χ1n) is 33.5. The summed E-state index contributed by atoms with van der Waals surface area (Å²) in [6.07, 6.45) is 73.5. The molecular weight excluding hydrogens is 1050 g/mol. The van der Waals surface area contributed by atoms with Crippen molar-refractivity contribution in [2.45, 2.75) is 301 Å². The molecule has 84 heavy (non-hydrogen) atoms. The number of hydrogen-bond donors (Lipinski definition) is 6. The van der Waals surface area contributed by atoms with Crippen LogP contribution >= 0.6 is 0 Å². The maximum absolute atomic E-state index is 13.5. The summed E-state index contributed by atoms with van der Waals surface area (Å²) in [4.78, 5) is 26.6. The molecule has 0 aromatic carbocycles. The third-order valence-corrected chi connectivity index (χ3v) is 14.8. The van der Waals surface area contributed by atoms with Gasteiger partial charge in [0.05, 0.1) is 25.4 Å². The van der Waals surface area contributed by atoms with Crippen molar-refractivity contribution in [3.05, 3.63) is 134 Å². The van der Waals surface area contributed by atoms with E-state index in [9.17, 15) is 35.1 Å². The maximum Gasteiger partial charge on any atom is 0.306 e. The molecule has 0 bridgehead atoms. The van der Waals surface area contributed by atoms with Crippen LogP contribution in [0.2, 0.25) is 0 Å². The molecule has 478 valence electrons. The SMILES string of the molecule is CC/C=C\C/C=C\C/C=C\C/C=C\C/C=C\C/C=C\CCCCCCCCCC(O)C(=O)NC(COC1OC(CO)C(O)C(O)C1OC(=O)CCC/C=C\C/C=C\C/C=C\C/C=C\CCCCC)C(O)/C=C/CCCCCCCCCCCC. The van der Waals surface area contributed by atoms with Crippen LogP contribution in [0.15, 0.2) is 134 Å². The van der Waals surface area contributed by atoms with Gasteiger partial charge in [-0.3, -0.25) is 9.59 Å². The first-order chi connectivity index (χ1) is 41.2. The molecule has 6 N–H and O–H groups in total. The van der Waals surface area contributed by atoms with E-state index in [-0.39, 0.29) is 19.4 Å². The lowest BCUT2D eigenvalue weighted by Gasteiger charge is -2.41. The molecule has 11 nitrogen and oxygen atoms in total. The number of aliphatic hydroxyl groups excluding tert-OH is 5. The van der Waals surface area contributed by atoms with Crippen molar-refractivity contribution < 1.29 is 49.3 Å². The van der Waals surface area contributed by atoms with Crippen LogP contribution in [0, 0.1) is 0 Å². The highest BCUT2D eigenvalue weighted by atomic mass is 16.7. The van der Waals surface area contributed by atoms with Crippen molar-refractivity contribution in [1.29, 1.82) is 0 Å². The minimum Gasteiger partial charge on any atom is -0.454 e. The molecule has 0 aliphatic carbocycles. The summed E-state index contributed by atoms with van der Waals surface area (Å²) in [5.74, 6) is -1.27. The molecule has 1 aliphatic rings. The van der Waals surface area contributed by atoms with E-state index in [4.69, 9.17) is 14.2 Å². The molecule has 8 atom stereocenters. The van der Waals surface area contributed by atoms with Crippen LogP contribution in [-0.2, 0) is 23.8 Å². The quantitative estimate of drug-likeness (QED) is 0.0195. The zero-order valence-electron chi connectivity index (χ0n) is 53.0. The zero-order valence-corrected chi connectivity index (χ0v) is 53.0. The van der Waals surface area contributed by atoms with E-state index in [2.05, 4.69) is 135 Å². The molecule has 1 heterocycles. The molecule has 0 saturated carbocycles. The molecule has 0 radical (unpaired) electrons. The maximum atomic E-state index is 13.5. The number of rotatable bonds is 55. The Morgan fingerprint density at radius 3 is 1.31 bits per heavy atom. The predicted molar refractivity (Wildman–Crippen MR) is 351 cm³/mol. The van der Waals surface area contributed by atoms with Crippen LogP contribution in [0.25, 0.3) is 0 Å². The molecule has 1 rings (SSSR count). The summed E-state index contributed by atoms with van der Waals surface area (Å²) in [7, 11) is 0. The van der Waals surface area contributed by atoms with Crippen molar-refractivity contribution in [2.24, 2.45) is 0 Å². The van der Waals surface area contributed by atoms with Crippen molar-refractivity contribution >= 4 is 11.9 Å². The highest BCUT2D eigenvalue weighted by Crippen LogP contribution is 2.26. The first-order valence-corrected chi connectivity index (χ1v) is 33.5. The Morgan fingerprint density at radius 1 is 0.476 bits per heavy atom. The zero-order chi connectivity index (χ0) is 61.0. The summed E-state index contributed by atoms with van der Waals surface area (Å²) < 4.78 is 17.6. The monoisotopic (exact) mass is 1170 g/mol. The van der Waals surface area contributed by atoms with E-state index in [1.165, 1.54) is 70.6 Å². The number of ether oxygens (including phenoxy) is 3. The molecule has 0 spiro atoms. The van der Waals surface area contributed by atoms with Gasteiger partial charge in [-0.1, -0.05) is 264 Å². The van der Waals surface area contributed by atoms with E-state index in [0.29, 0.717) is 19.3 Å². The summed E-state index contributed by atoms with van der Waals surface area (Å²) >= 11 is 0. The van der Waals surface area contributed by atoms with Gasteiger partial charge in [-0.25, -0.2) is 0 Å². The summed E-state index contributed by atoms with van der Waals surface area (Å²) in [6, 6.07) is -1.05. The first kappa shape index (κ1) is 77.8. The molecule has 1 aliphatic heterocycles. The second kappa shape index (κ2) is 59.1. The van der Waals surface area contributed by atoms with Gasteiger partial charge in [0.15, 0.2) is 12.4 Å². The predicted octanol–water partition coefficient (Wildman–Crippen LogP) is 16.8. The minimum absolute atomic E-state index is 0.0400.